The summed E-state index contributed by atoms with van der Waals surface area (Å²) < 4.78 is 11.0. The minimum atomic E-state index is -0.233. The summed E-state index contributed by atoms with van der Waals surface area (Å²) in [6, 6.07) is -0.233. The Morgan fingerprint density at radius 1 is 1.53 bits per heavy atom. The summed E-state index contributed by atoms with van der Waals surface area (Å²) in [5.74, 6) is -0.162. The standard InChI is InChI=1S/C11H21NO3/c1-4-9-7-8(2)15-11(13)10(12-3)5-6-14-9/h8-10,12H,4-7H2,1-3H3/t8?,9?,10-/m0/s1. The number of cyclic esters (lactones) is 1. The van der Waals surface area contributed by atoms with Crippen LogP contribution in [0, 0.1) is 0 Å². The highest BCUT2D eigenvalue weighted by atomic mass is 16.5. The van der Waals surface area contributed by atoms with Crippen LogP contribution in [0.5, 0.6) is 0 Å². The Morgan fingerprint density at radius 3 is 2.87 bits per heavy atom. The number of nitrogens with one attached hydrogen (secondary N) is 1. The summed E-state index contributed by atoms with van der Waals surface area (Å²) in [5, 5.41) is 2.95. The number of hydrogen-bond donors (Lipinski definition) is 1. The third-order valence-electron chi connectivity index (χ3n) is 2.76. The van der Waals surface area contributed by atoms with Crippen LogP contribution in [0.1, 0.15) is 33.1 Å². The average Bonchev–Trinajstić information content (AvgIpc) is 2.27. The molecule has 1 saturated heterocycles. The topological polar surface area (TPSA) is 47.6 Å². The first-order valence-corrected chi connectivity index (χ1v) is 5.66. The molecule has 0 amide bonds. The molecule has 0 aromatic carbocycles. The van der Waals surface area contributed by atoms with E-state index in [2.05, 4.69) is 12.2 Å². The summed E-state index contributed by atoms with van der Waals surface area (Å²) in [5.41, 5.74) is 0. The lowest BCUT2D eigenvalue weighted by Crippen LogP contribution is -2.37. The zero-order valence-electron chi connectivity index (χ0n) is 9.79. The first-order valence-electron chi connectivity index (χ1n) is 5.66. The molecule has 4 nitrogen and oxygen atoms in total. The third kappa shape index (κ3) is 3.80. The average molecular weight is 215 g/mol. The van der Waals surface area contributed by atoms with Gasteiger partial charge >= 0.3 is 5.97 Å². The third-order valence-corrected chi connectivity index (χ3v) is 2.76. The van der Waals surface area contributed by atoms with E-state index >= 15 is 0 Å². The zero-order valence-corrected chi connectivity index (χ0v) is 9.79. The van der Waals surface area contributed by atoms with E-state index in [9.17, 15) is 4.79 Å². The van der Waals surface area contributed by atoms with E-state index in [-0.39, 0.29) is 24.2 Å². The van der Waals surface area contributed by atoms with Gasteiger partial charge in [0, 0.05) is 13.0 Å². The Bertz CT molecular complexity index is 208. The number of rotatable bonds is 2. The number of ether oxygens (including phenoxy) is 2. The quantitative estimate of drug-likeness (QED) is 0.701. The van der Waals surface area contributed by atoms with Crippen molar-refractivity contribution in [3.05, 3.63) is 0 Å². The molecule has 0 aromatic heterocycles. The molecule has 0 aromatic rings. The van der Waals surface area contributed by atoms with E-state index in [1.165, 1.54) is 0 Å². The fourth-order valence-corrected chi connectivity index (χ4v) is 1.78. The molecule has 0 radical (unpaired) electrons. The van der Waals surface area contributed by atoms with Gasteiger partial charge in [0.2, 0.25) is 0 Å². The molecule has 1 rings (SSSR count). The molecule has 1 heterocycles. The highest BCUT2D eigenvalue weighted by molar-refractivity contribution is 5.75. The largest absolute Gasteiger partial charge is 0.461 e. The van der Waals surface area contributed by atoms with E-state index < -0.39 is 0 Å². The van der Waals surface area contributed by atoms with Gasteiger partial charge in [-0.05, 0) is 26.8 Å². The van der Waals surface area contributed by atoms with Gasteiger partial charge in [0.1, 0.15) is 12.1 Å². The number of carbonyl (C=O) groups excluding carboxylic acids is 1. The lowest BCUT2D eigenvalue weighted by Gasteiger charge is -2.18. The summed E-state index contributed by atoms with van der Waals surface area (Å²) in [4.78, 5) is 11.6. The maximum absolute atomic E-state index is 11.6. The molecular weight excluding hydrogens is 194 g/mol. The van der Waals surface area contributed by atoms with E-state index in [1.807, 2.05) is 6.92 Å². The minimum absolute atomic E-state index is 0.0589. The molecule has 3 atom stereocenters. The van der Waals surface area contributed by atoms with Crippen molar-refractivity contribution >= 4 is 5.97 Å². The van der Waals surface area contributed by atoms with Gasteiger partial charge in [-0.2, -0.15) is 0 Å². The second-order valence-corrected chi connectivity index (χ2v) is 4.01. The number of hydrogen-bond acceptors (Lipinski definition) is 4. The fourth-order valence-electron chi connectivity index (χ4n) is 1.78. The second-order valence-electron chi connectivity index (χ2n) is 4.01. The van der Waals surface area contributed by atoms with Crippen LogP contribution in [0.2, 0.25) is 0 Å². The smallest absolute Gasteiger partial charge is 0.323 e. The van der Waals surface area contributed by atoms with E-state index in [4.69, 9.17) is 9.47 Å². The van der Waals surface area contributed by atoms with Crippen LogP contribution in [-0.4, -0.2) is 37.9 Å². The molecule has 1 N–H and O–H groups in total. The van der Waals surface area contributed by atoms with Gasteiger partial charge in [-0.1, -0.05) is 6.92 Å². The van der Waals surface area contributed by atoms with Crippen molar-refractivity contribution < 1.29 is 14.3 Å². The number of carbonyl (C=O) groups is 1. The summed E-state index contributed by atoms with van der Waals surface area (Å²) in [6.45, 7) is 4.63. The summed E-state index contributed by atoms with van der Waals surface area (Å²) in [7, 11) is 1.77. The molecule has 2 unspecified atom stereocenters. The first-order chi connectivity index (χ1) is 7.17. The molecule has 4 heteroatoms. The van der Waals surface area contributed by atoms with Crippen LogP contribution >= 0.6 is 0 Å². The Morgan fingerprint density at radius 2 is 2.27 bits per heavy atom. The molecule has 88 valence electrons. The summed E-state index contributed by atoms with van der Waals surface area (Å²) >= 11 is 0. The van der Waals surface area contributed by atoms with Gasteiger partial charge in [-0.3, -0.25) is 4.79 Å². The second kappa shape index (κ2) is 6.08. The van der Waals surface area contributed by atoms with Crippen LogP contribution in [0.25, 0.3) is 0 Å². The Hall–Kier alpha value is -0.610. The Labute approximate surface area is 91.3 Å². The lowest BCUT2D eigenvalue weighted by molar-refractivity contribution is -0.151. The van der Waals surface area contributed by atoms with Crippen LogP contribution in [-0.2, 0) is 14.3 Å². The van der Waals surface area contributed by atoms with Crippen LogP contribution in [0.15, 0.2) is 0 Å². The molecule has 0 aliphatic carbocycles. The predicted molar refractivity (Wildman–Crippen MR) is 57.7 cm³/mol. The van der Waals surface area contributed by atoms with Gasteiger partial charge in [-0.25, -0.2) is 0 Å². The van der Waals surface area contributed by atoms with E-state index in [0.29, 0.717) is 13.0 Å². The SMILES string of the molecule is CCC1CC(C)OC(=O)[C@@H](NC)CCO1. The molecule has 1 fully saturated rings. The van der Waals surface area contributed by atoms with Crippen molar-refractivity contribution in [2.75, 3.05) is 13.7 Å². The molecule has 15 heavy (non-hydrogen) atoms. The molecule has 0 saturated carbocycles. The van der Waals surface area contributed by atoms with Crippen molar-refractivity contribution in [2.45, 2.75) is 51.4 Å². The fraction of sp³-hybridized carbons (Fsp3) is 0.909. The van der Waals surface area contributed by atoms with Crippen molar-refractivity contribution in [2.24, 2.45) is 0 Å². The van der Waals surface area contributed by atoms with Crippen LogP contribution < -0.4 is 5.32 Å². The Kier molecular flexibility index (Phi) is 5.05. The first kappa shape index (κ1) is 12.5. The van der Waals surface area contributed by atoms with Crippen LogP contribution in [0.3, 0.4) is 0 Å². The normalized spacial score (nSPS) is 33.8. The molecule has 1 aliphatic rings. The van der Waals surface area contributed by atoms with Gasteiger partial charge in [0.05, 0.1) is 6.10 Å². The van der Waals surface area contributed by atoms with Crippen molar-refractivity contribution in [3.8, 4) is 0 Å². The highest BCUT2D eigenvalue weighted by Gasteiger charge is 2.24. The number of esters is 1. The van der Waals surface area contributed by atoms with E-state index in [1.54, 1.807) is 7.05 Å². The van der Waals surface area contributed by atoms with Gasteiger partial charge in [0.25, 0.3) is 0 Å². The number of likely N-dealkylation sites (N-methyl/N-ethyl adjacent to an activating group) is 1. The highest BCUT2D eigenvalue weighted by Crippen LogP contribution is 2.14. The molecular formula is C11H21NO3. The van der Waals surface area contributed by atoms with Gasteiger partial charge in [-0.15, -0.1) is 0 Å². The maximum atomic E-state index is 11.6. The van der Waals surface area contributed by atoms with Crippen molar-refractivity contribution in [1.29, 1.82) is 0 Å². The van der Waals surface area contributed by atoms with Crippen molar-refractivity contribution in [3.63, 3.8) is 0 Å². The summed E-state index contributed by atoms with van der Waals surface area (Å²) in [6.07, 6.45) is 2.59. The minimum Gasteiger partial charge on any atom is -0.461 e. The van der Waals surface area contributed by atoms with Crippen LogP contribution in [0.4, 0.5) is 0 Å². The lowest BCUT2D eigenvalue weighted by atomic mass is 10.1. The van der Waals surface area contributed by atoms with E-state index in [0.717, 1.165) is 12.8 Å². The monoisotopic (exact) mass is 215 g/mol. The zero-order chi connectivity index (χ0) is 11.3. The van der Waals surface area contributed by atoms with Gasteiger partial charge in [0.15, 0.2) is 0 Å². The van der Waals surface area contributed by atoms with Gasteiger partial charge < -0.3 is 14.8 Å². The predicted octanol–water partition coefficient (Wildman–Crippen LogP) is 1.10. The molecule has 1 aliphatic heterocycles. The Balaban J connectivity index is 2.58. The van der Waals surface area contributed by atoms with Crippen molar-refractivity contribution in [1.82, 2.24) is 5.32 Å². The molecule has 0 spiro atoms. The maximum Gasteiger partial charge on any atom is 0.323 e. The molecule has 0 bridgehead atoms.